The quantitative estimate of drug-likeness (QED) is 0.781. The molecule has 0 saturated heterocycles. The minimum atomic E-state index is 0.453. The topological polar surface area (TPSA) is 37.8 Å². The number of hydrogen-bond donors (Lipinski definition) is 1. The Hall–Kier alpha value is -0.830. The molecule has 0 aliphatic carbocycles. The highest BCUT2D eigenvalue weighted by Crippen LogP contribution is 2.21. The van der Waals surface area contributed by atoms with Gasteiger partial charge in [0.25, 0.3) is 0 Å². The molecule has 0 aromatic carbocycles. The van der Waals surface area contributed by atoms with Crippen molar-refractivity contribution in [3.63, 3.8) is 0 Å². The Balaban J connectivity index is 2.96. The van der Waals surface area contributed by atoms with Crippen molar-refractivity contribution in [2.45, 2.75) is 59.4 Å². The third kappa shape index (κ3) is 3.84. The number of aromatic nitrogens is 2. The summed E-state index contributed by atoms with van der Waals surface area (Å²) >= 11 is 6.13. The Morgan fingerprint density at radius 2 is 1.82 bits per heavy atom. The predicted octanol–water partition coefficient (Wildman–Crippen LogP) is 3.99. The van der Waals surface area contributed by atoms with Crippen LogP contribution < -0.4 is 5.32 Å². The van der Waals surface area contributed by atoms with Gasteiger partial charge in [0.15, 0.2) is 0 Å². The number of halogens is 1. The molecule has 0 aliphatic rings. The molecule has 1 N–H and O–H groups in total. The van der Waals surface area contributed by atoms with Crippen molar-refractivity contribution in [2.24, 2.45) is 0 Å². The van der Waals surface area contributed by atoms with Gasteiger partial charge in [-0.3, -0.25) is 0 Å². The van der Waals surface area contributed by atoms with Crippen LogP contribution in [0.15, 0.2) is 0 Å². The van der Waals surface area contributed by atoms with Crippen LogP contribution in [0.4, 0.5) is 5.82 Å². The summed E-state index contributed by atoms with van der Waals surface area (Å²) in [5.74, 6) is 1.72. The third-order valence-corrected chi connectivity index (χ3v) is 3.30. The zero-order chi connectivity index (χ0) is 12.8. The van der Waals surface area contributed by atoms with Crippen LogP contribution in [-0.4, -0.2) is 16.0 Å². The average molecular weight is 256 g/mol. The van der Waals surface area contributed by atoms with Gasteiger partial charge in [-0.15, -0.1) is 0 Å². The first-order valence-corrected chi connectivity index (χ1v) is 6.79. The lowest BCUT2D eigenvalue weighted by molar-refractivity contribution is 0.665. The van der Waals surface area contributed by atoms with Crippen LogP contribution in [0.25, 0.3) is 0 Å². The Morgan fingerprint density at radius 3 is 2.35 bits per heavy atom. The average Bonchev–Trinajstić information content (AvgIpc) is 2.32. The maximum absolute atomic E-state index is 6.13. The van der Waals surface area contributed by atoms with E-state index in [9.17, 15) is 0 Å². The van der Waals surface area contributed by atoms with Crippen molar-refractivity contribution in [2.75, 3.05) is 5.32 Å². The molecule has 0 spiro atoms. The summed E-state index contributed by atoms with van der Waals surface area (Å²) < 4.78 is 0. The number of rotatable bonds is 6. The lowest BCUT2D eigenvalue weighted by atomic mass is 10.1. The smallest absolute Gasteiger partial charge is 0.137 e. The minimum Gasteiger partial charge on any atom is -0.367 e. The molecule has 3 nitrogen and oxygen atoms in total. The molecule has 0 amide bonds. The summed E-state index contributed by atoms with van der Waals surface area (Å²) in [5, 5.41) is 4.02. The zero-order valence-electron chi connectivity index (χ0n) is 11.2. The van der Waals surface area contributed by atoms with Crippen molar-refractivity contribution in [1.82, 2.24) is 9.97 Å². The van der Waals surface area contributed by atoms with Crippen LogP contribution >= 0.6 is 11.6 Å². The van der Waals surface area contributed by atoms with Crippen molar-refractivity contribution in [1.29, 1.82) is 0 Å². The van der Waals surface area contributed by atoms with Crippen molar-refractivity contribution in [3.8, 4) is 0 Å². The van der Waals surface area contributed by atoms with Gasteiger partial charge in [0.1, 0.15) is 16.8 Å². The van der Waals surface area contributed by atoms with E-state index in [1.807, 2.05) is 6.92 Å². The van der Waals surface area contributed by atoms with Gasteiger partial charge in [0, 0.05) is 18.0 Å². The highest BCUT2D eigenvalue weighted by molar-refractivity contribution is 6.30. The van der Waals surface area contributed by atoms with Crippen molar-refractivity contribution >= 4 is 17.4 Å². The molecule has 4 heteroatoms. The van der Waals surface area contributed by atoms with Gasteiger partial charge in [0.05, 0.1) is 0 Å². The molecule has 1 rings (SSSR count). The van der Waals surface area contributed by atoms with Crippen LogP contribution in [0.3, 0.4) is 0 Å². The van der Waals surface area contributed by atoms with Gasteiger partial charge in [-0.25, -0.2) is 9.97 Å². The van der Waals surface area contributed by atoms with E-state index in [4.69, 9.17) is 11.6 Å². The van der Waals surface area contributed by atoms with Crippen molar-refractivity contribution in [3.05, 3.63) is 16.5 Å². The van der Waals surface area contributed by atoms with E-state index in [2.05, 4.69) is 36.1 Å². The molecule has 0 radical (unpaired) electrons. The van der Waals surface area contributed by atoms with Gasteiger partial charge in [-0.2, -0.15) is 0 Å². The maximum Gasteiger partial charge on any atom is 0.137 e. The Bertz CT molecular complexity index is 362. The summed E-state index contributed by atoms with van der Waals surface area (Å²) in [6.07, 6.45) is 4.07. The fourth-order valence-electron chi connectivity index (χ4n) is 1.69. The van der Waals surface area contributed by atoms with E-state index in [1.165, 1.54) is 0 Å². The van der Waals surface area contributed by atoms with E-state index in [0.717, 1.165) is 42.9 Å². The molecule has 1 aromatic rings. The largest absolute Gasteiger partial charge is 0.367 e. The maximum atomic E-state index is 6.13. The Kier molecular flexibility index (Phi) is 5.69. The van der Waals surface area contributed by atoms with Gasteiger partial charge >= 0.3 is 0 Å². The predicted molar refractivity (Wildman–Crippen MR) is 73.8 cm³/mol. The molecule has 0 fully saturated rings. The number of anilines is 1. The van der Waals surface area contributed by atoms with Gasteiger partial charge in [-0.1, -0.05) is 32.4 Å². The number of nitrogens with one attached hydrogen (secondary N) is 1. The second-order valence-electron chi connectivity index (χ2n) is 4.31. The number of nitrogens with zero attached hydrogens (tertiary/aromatic N) is 2. The first-order valence-electron chi connectivity index (χ1n) is 6.41. The molecule has 0 unspecified atom stereocenters. The Labute approximate surface area is 109 Å². The van der Waals surface area contributed by atoms with Gasteiger partial charge in [0.2, 0.25) is 0 Å². The molecule has 1 heterocycles. The molecular weight excluding hydrogens is 234 g/mol. The van der Waals surface area contributed by atoms with Crippen LogP contribution in [0, 0.1) is 6.92 Å². The lowest BCUT2D eigenvalue weighted by Crippen LogP contribution is -2.19. The van der Waals surface area contributed by atoms with E-state index in [1.54, 1.807) is 0 Å². The molecule has 0 aliphatic heterocycles. The number of hydrogen-bond acceptors (Lipinski definition) is 3. The van der Waals surface area contributed by atoms with Crippen LogP contribution in [0.5, 0.6) is 0 Å². The molecule has 96 valence electrons. The third-order valence-electron chi connectivity index (χ3n) is 2.93. The fraction of sp³-hybridized carbons (Fsp3) is 0.692. The van der Waals surface area contributed by atoms with Gasteiger partial charge in [-0.05, 0) is 26.2 Å². The zero-order valence-corrected chi connectivity index (χ0v) is 11.9. The molecule has 0 saturated carbocycles. The fourth-order valence-corrected chi connectivity index (χ4v) is 1.88. The van der Waals surface area contributed by atoms with Crippen molar-refractivity contribution < 1.29 is 0 Å². The summed E-state index contributed by atoms with van der Waals surface area (Å²) in [5.41, 5.74) is 0.943. The van der Waals surface area contributed by atoms with E-state index in [-0.39, 0.29) is 0 Å². The van der Waals surface area contributed by atoms with Gasteiger partial charge < -0.3 is 5.32 Å². The summed E-state index contributed by atoms with van der Waals surface area (Å²) in [6, 6.07) is 0.453. The van der Waals surface area contributed by atoms with E-state index in [0.29, 0.717) is 11.2 Å². The number of aryl methyl sites for hydroxylation is 1. The highest BCUT2D eigenvalue weighted by Gasteiger charge is 2.11. The van der Waals surface area contributed by atoms with Crippen LogP contribution in [0.1, 0.15) is 51.4 Å². The van der Waals surface area contributed by atoms with E-state index >= 15 is 0 Å². The molecular formula is C13H22ClN3. The SMILES string of the molecule is CCCc1nc(Cl)c(C)c(NC(CC)CC)n1. The normalized spacial score (nSPS) is 10.9. The first kappa shape index (κ1) is 14.2. The lowest BCUT2D eigenvalue weighted by Gasteiger charge is -2.18. The standard InChI is InChI=1S/C13H22ClN3/c1-5-8-11-16-12(14)9(4)13(17-11)15-10(6-2)7-3/h10H,5-8H2,1-4H3,(H,15,16,17). The second kappa shape index (κ2) is 6.80. The molecule has 17 heavy (non-hydrogen) atoms. The summed E-state index contributed by atoms with van der Waals surface area (Å²) in [7, 11) is 0. The monoisotopic (exact) mass is 255 g/mol. The summed E-state index contributed by atoms with van der Waals surface area (Å²) in [6.45, 7) is 8.42. The molecule has 0 bridgehead atoms. The minimum absolute atomic E-state index is 0.453. The molecule has 1 aromatic heterocycles. The first-order chi connectivity index (χ1) is 8.12. The summed E-state index contributed by atoms with van der Waals surface area (Å²) in [4.78, 5) is 8.85. The van der Waals surface area contributed by atoms with Crippen LogP contribution in [0.2, 0.25) is 5.15 Å². The van der Waals surface area contributed by atoms with E-state index < -0.39 is 0 Å². The highest BCUT2D eigenvalue weighted by atomic mass is 35.5. The Morgan fingerprint density at radius 1 is 1.18 bits per heavy atom. The van der Waals surface area contributed by atoms with Crippen LogP contribution in [-0.2, 0) is 6.42 Å². The molecule has 0 atom stereocenters. The second-order valence-corrected chi connectivity index (χ2v) is 4.67.